The number of hydrogen-bond acceptors (Lipinski definition) is 0. The lowest BCUT2D eigenvalue weighted by atomic mass is 9.56. The van der Waals surface area contributed by atoms with E-state index in [-0.39, 0.29) is 0 Å². The molecule has 112 valence electrons. The zero-order valence-corrected chi connectivity index (χ0v) is 13.7. The third-order valence-corrected chi connectivity index (χ3v) is 6.56. The Hall–Kier alpha value is -1.08. The van der Waals surface area contributed by atoms with Gasteiger partial charge in [0.2, 0.25) is 0 Å². The zero-order valence-electron chi connectivity index (χ0n) is 13.7. The van der Waals surface area contributed by atoms with Gasteiger partial charge in [-0.2, -0.15) is 0 Å². The van der Waals surface area contributed by atoms with Gasteiger partial charge >= 0.3 is 0 Å². The molecule has 1 N–H and O–H groups in total. The van der Waals surface area contributed by atoms with E-state index >= 15 is 0 Å². The molecule has 1 heteroatoms. The van der Waals surface area contributed by atoms with E-state index < -0.39 is 0 Å². The first-order chi connectivity index (χ1) is 10.2. The molecule has 1 aliphatic heterocycles. The first-order valence-electron chi connectivity index (χ1n) is 8.82. The smallest absolute Gasteiger partial charge is 0.0814 e. The molecule has 0 saturated carbocycles. The molecule has 5 rings (SSSR count). The van der Waals surface area contributed by atoms with Crippen LogP contribution < -0.4 is 4.90 Å². The number of nitrogens with one attached hydrogen (secondary N) is 1. The van der Waals surface area contributed by atoms with E-state index in [9.17, 15) is 0 Å². The van der Waals surface area contributed by atoms with E-state index in [1.54, 1.807) is 22.3 Å². The van der Waals surface area contributed by atoms with Crippen molar-refractivity contribution in [2.24, 2.45) is 11.8 Å². The number of quaternary nitrogens is 1. The maximum absolute atomic E-state index is 2.41. The van der Waals surface area contributed by atoms with Gasteiger partial charge in [-0.1, -0.05) is 48.8 Å². The van der Waals surface area contributed by atoms with Gasteiger partial charge in [0.15, 0.2) is 0 Å². The van der Waals surface area contributed by atoms with Gasteiger partial charge in [0.1, 0.15) is 0 Å². The second kappa shape index (κ2) is 4.98. The van der Waals surface area contributed by atoms with Crippen LogP contribution >= 0.6 is 0 Å². The lowest BCUT2D eigenvalue weighted by Gasteiger charge is -2.46. The molecule has 1 nitrogen and oxygen atoms in total. The second-order valence-electron chi connectivity index (χ2n) is 7.54. The molecule has 4 atom stereocenters. The van der Waals surface area contributed by atoms with E-state index in [0.717, 1.165) is 23.7 Å². The summed E-state index contributed by atoms with van der Waals surface area (Å²) in [7, 11) is 0. The van der Waals surface area contributed by atoms with Gasteiger partial charge < -0.3 is 4.90 Å². The monoisotopic (exact) mass is 282 g/mol. The molecule has 1 saturated heterocycles. The third-order valence-electron chi connectivity index (χ3n) is 6.56. The van der Waals surface area contributed by atoms with Crippen LogP contribution in [0, 0.1) is 11.8 Å². The molecule has 1 fully saturated rings. The summed E-state index contributed by atoms with van der Waals surface area (Å²) >= 11 is 0. The average Bonchev–Trinajstić information content (AvgIpc) is 2.92. The average molecular weight is 282 g/mol. The largest absolute Gasteiger partial charge is 0.334 e. The molecule has 0 aromatic heterocycles. The summed E-state index contributed by atoms with van der Waals surface area (Å²) in [6.07, 6.45) is 2.73. The summed E-state index contributed by atoms with van der Waals surface area (Å²) in [4.78, 5) is 1.87. The van der Waals surface area contributed by atoms with Gasteiger partial charge in [-0.15, -0.1) is 0 Å². The zero-order chi connectivity index (χ0) is 14.6. The number of hydrogen-bond donors (Lipinski definition) is 1. The molecule has 21 heavy (non-hydrogen) atoms. The van der Waals surface area contributed by atoms with E-state index in [2.05, 4.69) is 45.0 Å². The maximum atomic E-state index is 2.41. The minimum atomic E-state index is 0.718. The Labute approximate surface area is 129 Å². The fourth-order valence-electron chi connectivity index (χ4n) is 5.55. The van der Waals surface area contributed by atoms with E-state index in [0.29, 0.717) is 0 Å². The van der Waals surface area contributed by atoms with Crippen LogP contribution in [-0.4, -0.2) is 19.6 Å². The minimum absolute atomic E-state index is 0.718. The normalized spacial score (nSPS) is 36.8. The van der Waals surface area contributed by atoms with E-state index in [4.69, 9.17) is 0 Å². The van der Waals surface area contributed by atoms with Crippen molar-refractivity contribution in [2.75, 3.05) is 19.6 Å². The van der Waals surface area contributed by atoms with Crippen molar-refractivity contribution >= 4 is 0 Å². The number of rotatable bonds is 3. The predicted molar refractivity (Wildman–Crippen MR) is 87.7 cm³/mol. The van der Waals surface area contributed by atoms with Crippen LogP contribution in [0.25, 0.3) is 0 Å². The minimum Gasteiger partial charge on any atom is -0.334 e. The molecule has 1 heterocycles. The number of likely N-dealkylation sites (tertiary alicyclic amines) is 1. The molecule has 3 aliphatic carbocycles. The first kappa shape index (κ1) is 13.6. The fourth-order valence-corrected chi connectivity index (χ4v) is 5.55. The lowest BCUT2D eigenvalue weighted by molar-refractivity contribution is -0.890. The maximum Gasteiger partial charge on any atom is 0.0814 e. The van der Waals surface area contributed by atoms with Gasteiger partial charge in [0, 0.05) is 23.7 Å². The Bertz CT molecular complexity index is 538. The molecule has 1 aromatic carbocycles. The third kappa shape index (κ3) is 1.86. The van der Waals surface area contributed by atoms with Gasteiger partial charge in [-0.3, -0.25) is 0 Å². The first-order valence-corrected chi connectivity index (χ1v) is 8.82. The molecule has 4 aliphatic rings. The molecule has 0 spiro atoms. The Morgan fingerprint density at radius 3 is 1.95 bits per heavy atom. The van der Waals surface area contributed by atoms with Crippen LogP contribution in [0.1, 0.15) is 56.6 Å². The Morgan fingerprint density at radius 2 is 1.48 bits per heavy atom. The van der Waals surface area contributed by atoms with Crippen LogP contribution in [0.5, 0.6) is 0 Å². The van der Waals surface area contributed by atoms with Crippen LogP contribution in [0.4, 0.5) is 0 Å². The summed E-state index contributed by atoms with van der Waals surface area (Å²) < 4.78 is 0. The molecule has 2 bridgehead atoms. The van der Waals surface area contributed by atoms with Crippen molar-refractivity contribution in [3.05, 3.63) is 46.5 Å². The second-order valence-corrected chi connectivity index (χ2v) is 7.54. The highest BCUT2D eigenvalue weighted by molar-refractivity contribution is 5.52. The molecular weight excluding hydrogens is 254 g/mol. The van der Waals surface area contributed by atoms with E-state index in [1.165, 1.54) is 32.5 Å². The van der Waals surface area contributed by atoms with Crippen molar-refractivity contribution in [1.29, 1.82) is 0 Å². The molecular formula is C20H28N+. The van der Waals surface area contributed by atoms with Gasteiger partial charge in [-0.05, 0) is 31.4 Å². The highest BCUT2D eigenvalue weighted by Crippen LogP contribution is 2.58. The molecule has 4 unspecified atom stereocenters. The SMILES string of the molecule is CCCC[NH+]1CC2C3C(C)=C(C)C(c4ccccc43)C2C1. The van der Waals surface area contributed by atoms with Crippen molar-refractivity contribution in [2.45, 2.75) is 45.4 Å². The van der Waals surface area contributed by atoms with Crippen molar-refractivity contribution < 1.29 is 4.90 Å². The van der Waals surface area contributed by atoms with Crippen LogP contribution in [0.15, 0.2) is 35.4 Å². The van der Waals surface area contributed by atoms with Gasteiger partial charge in [0.05, 0.1) is 19.6 Å². The highest BCUT2D eigenvalue weighted by Gasteiger charge is 2.54. The molecule has 0 radical (unpaired) electrons. The summed E-state index contributed by atoms with van der Waals surface area (Å²) in [5.74, 6) is 3.24. The molecule has 1 aromatic rings. The standard InChI is InChI=1S/C20H27N/c1-4-5-10-21-11-17-18(12-21)20-14(3)13(2)19(17)15-8-6-7-9-16(15)20/h6-9,17-20H,4-5,10-12H2,1-3H3/p+1. The Morgan fingerprint density at radius 1 is 0.952 bits per heavy atom. The summed E-state index contributed by atoms with van der Waals surface area (Å²) in [5.41, 5.74) is 6.69. The van der Waals surface area contributed by atoms with Gasteiger partial charge in [-0.25, -0.2) is 0 Å². The molecule has 0 amide bonds. The Kier molecular flexibility index (Phi) is 3.22. The summed E-state index contributed by atoms with van der Waals surface area (Å²) in [6, 6.07) is 9.30. The summed E-state index contributed by atoms with van der Waals surface area (Å²) in [5, 5.41) is 0. The number of allylic oxidation sites excluding steroid dienone is 2. The highest BCUT2D eigenvalue weighted by atomic mass is 15.2. The van der Waals surface area contributed by atoms with Crippen LogP contribution in [-0.2, 0) is 0 Å². The van der Waals surface area contributed by atoms with Crippen molar-refractivity contribution in [3.63, 3.8) is 0 Å². The predicted octanol–water partition coefficient (Wildman–Crippen LogP) is 3.15. The van der Waals surface area contributed by atoms with Crippen LogP contribution in [0.2, 0.25) is 0 Å². The topological polar surface area (TPSA) is 4.44 Å². The van der Waals surface area contributed by atoms with Crippen molar-refractivity contribution in [3.8, 4) is 0 Å². The van der Waals surface area contributed by atoms with Gasteiger partial charge in [0.25, 0.3) is 0 Å². The summed E-state index contributed by atoms with van der Waals surface area (Å²) in [6.45, 7) is 11.3. The van der Waals surface area contributed by atoms with Crippen molar-refractivity contribution in [1.82, 2.24) is 0 Å². The number of benzene rings is 1. The number of unbranched alkanes of at least 4 members (excludes halogenated alkanes) is 1. The van der Waals surface area contributed by atoms with E-state index in [1.807, 2.05) is 4.90 Å². The lowest BCUT2D eigenvalue weighted by Crippen LogP contribution is -3.10. The quantitative estimate of drug-likeness (QED) is 0.812. The Balaban J connectivity index is 1.72. The van der Waals surface area contributed by atoms with Crippen LogP contribution in [0.3, 0.4) is 0 Å². The fraction of sp³-hybridized carbons (Fsp3) is 0.600.